The van der Waals surface area contributed by atoms with Gasteiger partial charge in [0.1, 0.15) is 5.54 Å². The van der Waals surface area contributed by atoms with Gasteiger partial charge in [-0.05, 0) is 12.8 Å². The van der Waals surface area contributed by atoms with Crippen molar-refractivity contribution < 1.29 is 23.7 Å². The van der Waals surface area contributed by atoms with Crippen LogP contribution >= 0.6 is 0 Å². The summed E-state index contributed by atoms with van der Waals surface area (Å²) in [7, 11) is -3.51. The van der Waals surface area contributed by atoms with Crippen LogP contribution in [0.25, 0.3) is 0 Å². The van der Waals surface area contributed by atoms with Crippen LogP contribution < -0.4 is 4.72 Å². The van der Waals surface area contributed by atoms with E-state index in [2.05, 4.69) is 4.72 Å². The number of hydrogen-bond acceptors (Lipinski definition) is 5. The zero-order valence-corrected chi connectivity index (χ0v) is 8.50. The van der Waals surface area contributed by atoms with E-state index in [0.717, 1.165) is 0 Å². The Labute approximate surface area is 82.6 Å². The summed E-state index contributed by atoms with van der Waals surface area (Å²) in [5.74, 6) is 0. The normalized spacial score (nSPS) is 18.5. The highest BCUT2D eigenvalue weighted by molar-refractivity contribution is 7.90. The van der Waals surface area contributed by atoms with Gasteiger partial charge >= 0.3 is 0 Å². The Kier molecular flexibility index (Phi) is 3.49. The highest BCUT2D eigenvalue weighted by Gasteiger charge is 2.41. The monoisotopic (exact) mass is 225 g/mol. The Morgan fingerprint density at radius 3 is 1.86 bits per heavy atom. The summed E-state index contributed by atoms with van der Waals surface area (Å²) in [6, 6.07) is 0. The van der Waals surface area contributed by atoms with Gasteiger partial charge in [-0.2, -0.15) is 0 Å². The van der Waals surface area contributed by atoms with Crippen molar-refractivity contribution in [1.29, 1.82) is 0 Å². The molecule has 0 spiro atoms. The van der Waals surface area contributed by atoms with Crippen molar-refractivity contribution in [1.82, 2.24) is 4.72 Å². The maximum atomic E-state index is 11.4. The van der Waals surface area contributed by atoms with Crippen LogP contribution in [0.1, 0.15) is 12.8 Å². The molecule has 0 bridgehead atoms. The number of aliphatic hydroxyl groups excluding tert-OH is 3. The van der Waals surface area contributed by atoms with Gasteiger partial charge in [-0.3, -0.25) is 0 Å². The summed E-state index contributed by atoms with van der Waals surface area (Å²) in [5, 5.41) is 26.2. The fraction of sp³-hybridized carbons (Fsp3) is 1.00. The van der Waals surface area contributed by atoms with E-state index in [4.69, 9.17) is 15.3 Å². The van der Waals surface area contributed by atoms with E-state index >= 15 is 0 Å². The lowest BCUT2D eigenvalue weighted by atomic mass is 10.1. The minimum Gasteiger partial charge on any atom is -0.394 e. The molecule has 0 radical (unpaired) electrons. The number of aliphatic hydroxyl groups is 3. The third kappa shape index (κ3) is 2.43. The summed E-state index contributed by atoms with van der Waals surface area (Å²) >= 11 is 0. The van der Waals surface area contributed by atoms with Gasteiger partial charge in [0.15, 0.2) is 0 Å². The second kappa shape index (κ2) is 4.11. The molecule has 0 saturated heterocycles. The largest absolute Gasteiger partial charge is 0.394 e. The average molecular weight is 225 g/mol. The molecule has 1 aliphatic rings. The molecule has 0 unspecified atom stereocenters. The Morgan fingerprint density at radius 1 is 1.14 bits per heavy atom. The lowest BCUT2D eigenvalue weighted by molar-refractivity contribution is 0.0581. The van der Waals surface area contributed by atoms with Crippen LogP contribution in [0.2, 0.25) is 0 Å². The SMILES string of the molecule is O=S(=O)(NC(CO)(CO)CO)C1CC1. The minimum atomic E-state index is -3.51. The molecule has 1 rings (SSSR count). The van der Waals surface area contributed by atoms with Gasteiger partial charge < -0.3 is 15.3 Å². The molecule has 0 amide bonds. The highest BCUT2D eigenvalue weighted by Crippen LogP contribution is 2.28. The third-order valence-corrected chi connectivity index (χ3v) is 4.30. The first-order valence-corrected chi connectivity index (χ1v) is 5.90. The van der Waals surface area contributed by atoms with Gasteiger partial charge in [0.25, 0.3) is 0 Å². The van der Waals surface area contributed by atoms with Gasteiger partial charge in [-0.1, -0.05) is 0 Å². The number of sulfonamides is 1. The molecule has 1 saturated carbocycles. The first-order valence-electron chi connectivity index (χ1n) is 4.35. The van der Waals surface area contributed by atoms with Gasteiger partial charge in [0.05, 0.1) is 25.1 Å². The maximum absolute atomic E-state index is 11.4. The molecule has 1 aliphatic carbocycles. The van der Waals surface area contributed by atoms with Crippen LogP contribution in [0.15, 0.2) is 0 Å². The third-order valence-electron chi connectivity index (χ3n) is 2.23. The van der Waals surface area contributed by atoms with Gasteiger partial charge in [0.2, 0.25) is 10.0 Å². The van der Waals surface area contributed by atoms with Crippen molar-refractivity contribution in [2.45, 2.75) is 23.6 Å². The summed E-state index contributed by atoms with van der Waals surface area (Å²) in [4.78, 5) is 0. The van der Waals surface area contributed by atoms with Crippen molar-refractivity contribution >= 4 is 10.0 Å². The van der Waals surface area contributed by atoms with E-state index in [-0.39, 0.29) is 0 Å². The molecule has 0 heterocycles. The van der Waals surface area contributed by atoms with Crippen LogP contribution in [0.5, 0.6) is 0 Å². The quantitative estimate of drug-likeness (QED) is 0.410. The number of hydrogen-bond donors (Lipinski definition) is 4. The summed E-state index contributed by atoms with van der Waals surface area (Å²) in [6.45, 7) is -1.90. The minimum absolute atomic E-state index is 0.438. The fourth-order valence-corrected chi connectivity index (χ4v) is 2.73. The van der Waals surface area contributed by atoms with Crippen LogP contribution in [0, 0.1) is 0 Å². The Balaban J connectivity index is 2.72. The summed E-state index contributed by atoms with van der Waals surface area (Å²) in [5.41, 5.74) is -1.54. The van der Waals surface area contributed by atoms with Gasteiger partial charge in [-0.25, -0.2) is 13.1 Å². The van der Waals surface area contributed by atoms with E-state index in [1.807, 2.05) is 0 Å². The van der Waals surface area contributed by atoms with E-state index in [1.54, 1.807) is 0 Å². The first kappa shape index (κ1) is 11.9. The molecule has 0 aromatic heterocycles. The van der Waals surface area contributed by atoms with Crippen LogP contribution in [-0.4, -0.2) is 54.3 Å². The standard InChI is InChI=1S/C7H15NO5S/c9-3-7(4-10,5-11)8-14(12,13)6-1-2-6/h6,8-11H,1-5H2. The first-order chi connectivity index (χ1) is 6.49. The summed E-state index contributed by atoms with van der Waals surface area (Å²) in [6.07, 6.45) is 1.18. The van der Waals surface area contributed by atoms with E-state index < -0.39 is 40.6 Å². The maximum Gasteiger partial charge on any atom is 0.215 e. The van der Waals surface area contributed by atoms with Crippen LogP contribution in [0.3, 0.4) is 0 Å². The van der Waals surface area contributed by atoms with E-state index in [1.165, 1.54) is 0 Å². The second-order valence-electron chi connectivity index (χ2n) is 3.60. The zero-order chi connectivity index (χ0) is 10.8. The van der Waals surface area contributed by atoms with E-state index in [9.17, 15) is 8.42 Å². The topological polar surface area (TPSA) is 107 Å². The highest BCUT2D eigenvalue weighted by atomic mass is 32.2. The molecule has 4 N–H and O–H groups in total. The zero-order valence-electron chi connectivity index (χ0n) is 7.68. The predicted octanol–water partition coefficient (Wildman–Crippen LogP) is -2.22. The summed E-state index contributed by atoms with van der Waals surface area (Å²) < 4.78 is 25.0. The van der Waals surface area contributed by atoms with Gasteiger partial charge in [-0.15, -0.1) is 0 Å². The smallest absolute Gasteiger partial charge is 0.215 e. The molecule has 1 fully saturated rings. The van der Waals surface area contributed by atoms with Gasteiger partial charge in [0, 0.05) is 0 Å². The van der Waals surface area contributed by atoms with E-state index in [0.29, 0.717) is 12.8 Å². The molecule has 0 aromatic rings. The van der Waals surface area contributed by atoms with Crippen molar-refractivity contribution in [3.63, 3.8) is 0 Å². The average Bonchev–Trinajstić information content (AvgIpc) is 2.97. The van der Waals surface area contributed by atoms with Crippen molar-refractivity contribution in [2.75, 3.05) is 19.8 Å². The Bertz CT molecular complexity index is 272. The second-order valence-corrected chi connectivity index (χ2v) is 5.56. The molecule has 0 atom stereocenters. The molecular weight excluding hydrogens is 210 g/mol. The molecular formula is C7H15NO5S. The number of rotatable bonds is 6. The molecule has 14 heavy (non-hydrogen) atoms. The molecule has 6 nitrogen and oxygen atoms in total. The number of nitrogens with one attached hydrogen (secondary N) is 1. The van der Waals surface area contributed by atoms with Crippen LogP contribution in [-0.2, 0) is 10.0 Å². The molecule has 0 aromatic carbocycles. The van der Waals surface area contributed by atoms with Crippen LogP contribution in [0.4, 0.5) is 0 Å². The molecule has 7 heteroatoms. The van der Waals surface area contributed by atoms with Crippen molar-refractivity contribution in [3.05, 3.63) is 0 Å². The predicted molar refractivity (Wildman–Crippen MR) is 49.1 cm³/mol. The molecule has 84 valence electrons. The molecule has 0 aliphatic heterocycles. The lowest BCUT2D eigenvalue weighted by Gasteiger charge is -2.28. The van der Waals surface area contributed by atoms with Crippen molar-refractivity contribution in [3.8, 4) is 0 Å². The van der Waals surface area contributed by atoms with Crippen molar-refractivity contribution in [2.24, 2.45) is 0 Å². The lowest BCUT2D eigenvalue weighted by Crippen LogP contribution is -2.57. The fourth-order valence-electron chi connectivity index (χ4n) is 1.01. The Hall–Kier alpha value is -0.210. The Morgan fingerprint density at radius 2 is 1.57 bits per heavy atom.